The highest BCUT2D eigenvalue weighted by molar-refractivity contribution is 6.13. The lowest BCUT2D eigenvalue weighted by Crippen LogP contribution is -2.63. The number of hydrogen-bond acceptors (Lipinski definition) is 6. The Morgan fingerprint density at radius 2 is 1.48 bits per heavy atom. The van der Waals surface area contributed by atoms with Gasteiger partial charge in [-0.1, -0.05) is 18.7 Å². The van der Waals surface area contributed by atoms with E-state index in [9.17, 15) is 29.4 Å². The number of aromatic hydroxyl groups is 1. The van der Waals surface area contributed by atoms with E-state index < -0.39 is 48.7 Å². The normalized spacial score (nSPS) is 13.0. The summed E-state index contributed by atoms with van der Waals surface area (Å²) in [7, 11) is 0. The van der Waals surface area contributed by atoms with Crippen LogP contribution in [0.2, 0.25) is 0 Å². The van der Waals surface area contributed by atoms with E-state index in [1.54, 1.807) is 0 Å². The van der Waals surface area contributed by atoms with Gasteiger partial charge in [0.25, 0.3) is 0 Å². The lowest BCUT2D eigenvalue weighted by Gasteiger charge is -2.37. The molecule has 0 saturated carbocycles. The lowest BCUT2D eigenvalue weighted by atomic mass is 9.84. The molecule has 1 rings (SSSR count). The number of phenols is 1. The van der Waals surface area contributed by atoms with Gasteiger partial charge in [0.15, 0.2) is 11.3 Å². The van der Waals surface area contributed by atoms with Gasteiger partial charge >= 0.3 is 17.9 Å². The minimum absolute atomic E-state index is 0.0901. The molecule has 9 nitrogen and oxygen atoms in total. The number of carbonyl (C=O) groups excluding carboxylic acids is 1. The second-order valence-electron chi connectivity index (χ2n) is 5.22. The molecule has 134 valence electrons. The number of ketones is 1. The Hall–Kier alpha value is -3.20. The third-order valence-electron chi connectivity index (χ3n) is 3.54. The second kappa shape index (κ2) is 8.06. The van der Waals surface area contributed by atoms with E-state index in [1.165, 1.54) is 24.3 Å². The van der Waals surface area contributed by atoms with Crippen molar-refractivity contribution in [1.82, 2.24) is 4.90 Å². The fourth-order valence-corrected chi connectivity index (χ4v) is 2.40. The van der Waals surface area contributed by atoms with Crippen LogP contribution in [0.4, 0.5) is 0 Å². The molecule has 0 bridgehead atoms. The van der Waals surface area contributed by atoms with E-state index in [-0.39, 0.29) is 11.3 Å². The summed E-state index contributed by atoms with van der Waals surface area (Å²) >= 11 is 0. The van der Waals surface area contributed by atoms with Crippen molar-refractivity contribution in [2.45, 2.75) is 12.0 Å². The molecule has 0 aliphatic rings. The molecule has 0 unspecified atom stereocenters. The average Bonchev–Trinajstić information content (AvgIpc) is 2.51. The van der Waals surface area contributed by atoms with Gasteiger partial charge in [-0.25, -0.2) is 4.79 Å². The van der Waals surface area contributed by atoms with Gasteiger partial charge in [-0.15, -0.1) is 0 Å². The number of carboxylic acid groups (broad SMARTS) is 3. The highest BCUT2D eigenvalue weighted by atomic mass is 16.4. The monoisotopic (exact) mass is 351 g/mol. The van der Waals surface area contributed by atoms with Crippen molar-refractivity contribution in [3.8, 4) is 5.75 Å². The first-order chi connectivity index (χ1) is 11.6. The molecule has 1 atom stereocenters. The first-order valence-electron chi connectivity index (χ1n) is 7.00. The van der Waals surface area contributed by atoms with Crippen molar-refractivity contribution in [1.29, 1.82) is 0 Å². The molecule has 0 aromatic heterocycles. The van der Waals surface area contributed by atoms with Crippen LogP contribution < -0.4 is 0 Å². The van der Waals surface area contributed by atoms with E-state index >= 15 is 0 Å². The summed E-state index contributed by atoms with van der Waals surface area (Å²) in [6.07, 6.45) is 0.208. The zero-order chi connectivity index (χ0) is 19.2. The molecule has 1 aromatic carbocycles. The van der Waals surface area contributed by atoms with Crippen LogP contribution in [0.25, 0.3) is 0 Å². The smallest absolute Gasteiger partial charge is 0.332 e. The van der Waals surface area contributed by atoms with Crippen LogP contribution in [-0.4, -0.2) is 67.6 Å². The molecule has 0 aliphatic carbocycles. The van der Waals surface area contributed by atoms with Crippen molar-refractivity contribution in [3.05, 3.63) is 42.5 Å². The SMILES string of the molecule is C=CC(=O)[C@](Cc1ccc(O)cc1)(C(=O)O)N(CC(=O)O)CC(=O)O. The van der Waals surface area contributed by atoms with Gasteiger partial charge in [0, 0.05) is 6.42 Å². The zero-order valence-corrected chi connectivity index (χ0v) is 13.1. The van der Waals surface area contributed by atoms with E-state index in [0.29, 0.717) is 11.0 Å². The number of carboxylic acids is 3. The minimum atomic E-state index is -2.46. The van der Waals surface area contributed by atoms with Crippen LogP contribution >= 0.6 is 0 Å². The molecule has 0 fully saturated rings. The molecule has 0 saturated heterocycles. The topological polar surface area (TPSA) is 152 Å². The van der Waals surface area contributed by atoms with Gasteiger partial charge in [-0.2, -0.15) is 0 Å². The van der Waals surface area contributed by atoms with Crippen LogP contribution in [0.1, 0.15) is 5.56 Å². The molecule has 25 heavy (non-hydrogen) atoms. The van der Waals surface area contributed by atoms with Crippen molar-refractivity contribution in [3.63, 3.8) is 0 Å². The fourth-order valence-electron chi connectivity index (χ4n) is 2.40. The van der Waals surface area contributed by atoms with Crippen LogP contribution in [0, 0.1) is 0 Å². The Morgan fingerprint density at radius 1 is 1.00 bits per heavy atom. The van der Waals surface area contributed by atoms with E-state index in [0.717, 1.165) is 0 Å². The summed E-state index contributed by atoms with van der Waals surface area (Å²) in [6, 6.07) is 5.23. The maximum atomic E-state index is 12.4. The molecular formula is C16H17NO8. The number of rotatable bonds is 10. The summed E-state index contributed by atoms with van der Waals surface area (Å²) in [5.41, 5.74) is -2.17. The third kappa shape index (κ3) is 4.64. The third-order valence-corrected chi connectivity index (χ3v) is 3.54. The average molecular weight is 351 g/mol. The van der Waals surface area contributed by atoms with Gasteiger partial charge in [0.05, 0.1) is 13.1 Å². The molecule has 0 aliphatic heterocycles. The van der Waals surface area contributed by atoms with Crippen LogP contribution in [0.3, 0.4) is 0 Å². The van der Waals surface area contributed by atoms with E-state index in [4.69, 9.17) is 10.2 Å². The molecule has 0 radical (unpaired) electrons. The number of phenolic OH excluding ortho intramolecular Hbond substituents is 1. The molecule has 0 amide bonds. The number of hydrogen-bond donors (Lipinski definition) is 4. The zero-order valence-electron chi connectivity index (χ0n) is 13.1. The second-order valence-corrected chi connectivity index (χ2v) is 5.22. The predicted molar refractivity (Wildman–Crippen MR) is 84.2 cm³/mol. The van der Waals surface area contributed by atoms with E-state index in [1.807, 2.05) is 0 Å². The van der Waals surface area contributed by atoms with Gasteiger partial charge in [-0.3, -0.25) is 19.3 Å². The van der Waals surface area contributed by atoms with Crippen molar-refractivity contribution < 1.29 is 39.6 Å². The number of nitrogens with zero attached hydrogens (tertiary/aromatic N) is 1. The van der Waals surface area contributed by atoms with Crippen LogP contribution in [-0.2, 0) is 25.6 Å². The van der Waals surface area contributed by atoms with Gasteiger partial charge in [0.2, 0.25) is 0 Å². The van der Waals surface area contributed by atoms with Crippen molar-refractivity contribution >= 4 is 23.7 Å². The minimum Gasteiger partial charge on any atom is -0.508 e. The Morgan fingerprint density at radius 3 is 1.84 bits per heavy atom. The Balaban J connectivity index is 3.50. The Labute approximate surface area is 142 Å². The standard InChI is InChI=1S/C16H17NO8/c1-2-12(19)16(15(24)25,7-10-3-5-11(18)6-4-10)17(8-13(20)21)9-14(22)23/h2-6,18H,1,7-9H2,(H,20,21)(H,22,23)(H,24,25)/t16-/m1/s1. The maximum absolute atomic E-state index is 12.4. The van der Waals surface area contributed by atoms with Crippen LogP contribution in [0.15, 0.2) is 36.9 Å². The summed E-state index contributed by atoms with van der Waals surface area (Å²) in [4.78, 5) is 47.0. The quantitative estimate of drug-likeness (QED) is 0.336. The van der Waals surface area contributed by atoms with Crippen LogP contribution in [0.5, 0.6) is 5.75 Å². The molecule has 4 N–H and O–H groups in total. The largest absolute Gasteiger partial charge is 0.508 e. The van der Waals surface area contributed by atoms with Gasteiger partial charge in [-0.05, 0) is 23.8 Å². The predicted octanol–water partition coefficient (Wildman–Crippen LogP) is -0.0156. The number of carbonyl (C=O) groups is 4. The molecule has 0 spiro atoms. The summed E-state index contributed by atoms with van der Waals surface area (Å²) in [5.74, 6) is -5.82. The molecule has 9 heteroatoms. The highest BCUT2D eigenvalue weighted by Gasteiger charge is 2.51. The molecule has 1 aromatic rings. The molecule has 0 heterocycles. The first kappa shape index (κ1) is 19.8. The van der Waals surface area contributed by atoms with E-state index in [2.05, 4.69) is 6.58 Å². The number of benzene rings is 1. The van der Waals surface area contributed by atoms with Gasteiger partial charge < -0.3 is 20.4 Å². The Bertz CT molecular complexity index is 681. The Kier molecular flexibility index (Phi) is 6.40. The molecular weight excluding hydrogens is 334 g/mol. The summed E-state index contributed by atoms with van der Waals surface area (Å²) in [5, 5.41) is 37.0. The number of aliphatic carboxylic acids is 3. The maximum Gasteiger partial charge on any atom is 0.332 e. The van der Waals surface area contributed by atoms with Crippen molar-refractivity contribution in [2.24, 2.45) is 0 Å². The lowest BCUT2D eigenvalue weighted by molar-refractivity contribution is -0.160. The first-order valence-corrected chi connectivity index (χ1v) is 7.00. The fraction of sp³-hybridized carbons (Fsp3) is 0.250. The van der Waals surface area contributed by atoms with Crippen molar-refractivity contribution in [2.75, 3.05) is 13.1 Å². The summed E-state index contributed by atoms with van der Waals surface area (Å²) in [6.45, 7) is 1.28. The van der Waals surface area contributed by atoms with Gasteiger partial charge in [0.1, 0.15) is 5.75 Å². The summed E-state index contributed by atoms with van der Waals surface area (Å²) < 4.78 is 0. The highest BCUT2D eigenvalue weighted by Crippen LogP contribution is 2.25.